The van der Waals surface area contributed by atoms with E-state index in [1.54, 1.807) is 0 Å². The lowest BCUT2D eigenvalue weighted by atomic mass is 9.53. The summed E-state index contributed by atoms with van der Waals surface area (Å²) in [5.74, 6) is 3.08. The lowest BCUT2D eigenvalue weighted by Gasteiger charge is -2.57. The smallest absolute Gasteiger partial charge is 0.305 e. The molecule has 4 aliphatic rings. The summed E-state index contributed by atoms with van der Waals surface area (Å²) in [5.41, 5.74) is 0.526. The van der Waals surface area contributed by atoms with Crippen LogP contribution < -0.4 is 5.32 Å². The first-order chi connectivity index (χ1) is 11.2. The molecule has 4 aliphatic carbocycles. The van der Waals surface area contributed by atoms with Crippen molar-refractivity contribution in [1.29, 1.82) is 0 Å². The Morgan fingerprint density at radius 2 is 1.52 bits per heavy atom. The summed E-state index contributed by atoms with van der Waals surface area (Å²) in [6, 6.07) is 0. The van der Waals surface area contributed by atoms with E-state index in [1.165, 1.54) is 64.3 Å². The van der Waals surface area contributed by atoms with Crippen LogP contribution in [0.4, 0.5) is 0 Å². The molecule has 3 heteroatoms. The second kappa shape index (κ2) is 8.00. The first-order valence-corrected chi connectivity index (χ1v) is 10.1. The number of hydrogen-bond acceptors (Lipinski definition) is 3. The highest BCUT2D eigenvalue weighted by molar-refractivity contribution is 5.69. The van der Waals surface area contributed by atoms with Gasteiger partial charge < -0.3 is 10.1 Å². The maximum atomic E-state index is 11.3. The molecule has 0 aromatic heterocycles. The molecule has 0 spiro atoms. The molecule has 4 rings (SSSR count). The van der Waals surface area contributed by atoms with Crippen LogP contribution in [0.2, 0.25) is 0 Å². The predicted octanol–water partition coefficient (Wildman–Crippen LogP) is 4.45. The third-order valence-electron chi connectivity index (χ3n) is 6.40. The summed E-state index contributed by atoms with van der Waals surface area (Å²) in [4.78, 5) is 11.3. The molecular weight excluding hydrogens is 286 g/mol. The number of esters is 1. The molecule has 132 valence electrons. The van der Waals surface area contributed by atoms with Crippen LogP contribution in [-0.2, 0) is 9.53 Å². The summed E-state index contributed by atoms with van der Waals surface area (Å²) in [7, 11) is 0. The van der Waals surface area contributed by atoms with Crippen molar-refractivity contribution in [1.82, 2.24) is 5.32 Å². The molecule has 0 amide bonds. The number of carbonyl (C=O) groups excluding carboxylic acids is 1. The van der Waals surface area contributed by atoms with E-state index in [4.69, 9.17) is 4.74 Å². The zero-order chi connectivity index (χ0) is 16.1. The molecule has 0 unspecified atom stereocenters. The van der Waals surface area contributed by atoms with Gasteiger partial charge >= 0.3 is 5.97 Å². The van der Waals surface area contributed by atoms with E-state index in [-0.39, 0.29) is 5.97 Å². The SMILES string of the molecule is CCOC(=O)CCCCCCCNC12CC3CC(CC(C3)C1)C2. The Labute approximate surface area is 141 Å². The first kappa shape index (κ1) is 17.3. The van der Waals surface area contributed by atoms with Gasteiger partial charge in [-0.2, -0.15) is 0 Å². The molecule has 1 N–H and O–H groups in total. The van der Waals surface area contributed by atoms with Gasteiger partial charge in [-0.05, 0) is 82.6 Å². The van der Waals surface area contributed by atoms with Gasteiger partial charge in [0.15, 0.2) is 0 Å². The fourth-order valence-corrected chi connectivity index (χ4v) is 5.84. The molecule has 4 saturated carbocycles. The van der Waals surface area contributed by atoms with E-state index in [9.17, 15) is 4.79 Å². The van der Waals surface area contributed by atoms with Gasteiger partial charge in [0.2, 0.25) is 0 Å². The molecule has 0 atom stereocenters. The molecule has 0 heterocycles. The Bertz CT molecular complexity index is 358. The number of rotatable bonds is 10. The molecule has 4 fully saturated rings. The number of hydrogen-bond donors (Lipinski definition) is 1. The van der Waals surface area contributed by atoms with Crippen molar-refractivity contribution in [2.75, 3.05) is 13.2 Å². The minimum atomic E-state index is -0.0315. The Hall–Kier alpha value is -0.570. The highest BCUT2D eigenvalue weighted by Gasteiger charge is 2.50. The summed E-state index contributed by atoms with van der Waals surface area (Å²) < 4.78 is 4.95. The van der Waals surface area contributed by atoms with Crippen molar-refractivity contribution >= 4 is 5.97 Å². The molecule has 3 nitrogen and oxygen atoms in total. The summed E-state index contributed by atoms with van der Waals surface area (Å²) in [5, 5.41) is 3.98. The third kappa shape index (κ3) is 4.71. The number of ether oxygens (including phenoxy) is 1. The molecular formula is C20H35NO2. The average Bonchev–Trinajstić information content (AvgIpc) is 2.49. The Morgan fingerprint density at radius 3 is 2.13 bits per heavy atom. The Morgan fingerprint density at radius 1 is 0.957 bits per heavy atom. The van der Waals surface area contributed by atoms with Crippen LogP contribution in [-0.4, -0.2) is 24.7 Å². The quantitative estimate of drug-likeness (QED) is 0.477. The van der Waals surface area contributed by atoms with Gasteiger partial charge in [0.1, 0.15) is 0 Å². The van der Waals surface area contributed by atoms with Gasteiger partial charge in [0.25, 0.3) is 0 Å². The number of nitrogens with one attached hydrogen (secondary N) is 1. The minimum Gasteiger partial charge on any atom is -0.466 e. The highest BCUT2D eigenvalue weighted by Crippen LogP contribution is 2.55. The first-order valence-electron chi connectivity index (χ1n) is 10.1. The maximum absolute atomic E-state index is 11.3. The maximum Gasteiger partial charge on any atom is 0.305 e. The molecule has 23 heavy (non-hydrogen) atoms. The van der Waals surface area contributed by atoms with Gasteiger partial charge in [0.05, 0.1) is 6.61 Å². The van der Waals surface area contributed by atoms with Gasteiger partial charge in [-0.25, -0.2) is 0 Å². The molecule has 0 aromatic rings. The largest absolute Gasteiger partial charge is 0.466 e. The summed E-state index contributed by atoms with van der Waals surface area (Å²) in [6.07, 6.45) is 15.5. The van der Waals surface area contributed by atoms with Crippen LogP contribution in [0, 0.1) is 17.8 Å². The highest BCUT2D eigenvalue weighted by atomic mass is 16.5. The second-order valence-electron chi connectivity index (χ2n) is 8.45. The van der Waals surface area contributed by atoms with E-state index in [1.807, 2.05) is 6.92 Å². The topological polar surface area (TPSA) is 38.3 Å². The van der Waals surface area contributed by atoms with Crippen molar-refractivity contribution in [3.63, 3.8) is 0 Å². The van der Waals surface area contributed by atoms with E-state index >= 15 is 0 Å². The number of unbranched alkanes of at least 4 members (excludes halogenated alkanes) is 4. The molecule has 0 aliphatic heterocycles. The van der Waals surface area contributed by atoms with Crippen LogP contribution in [0.1, 0.15) is 84.0 Å². The van der Waals surface area contributed by atoms with Gasteiger partial charge in [-0.1, -0.05) is 19.3 Å². The molecule has 0 aromatic carbocycles. The Kier molecular flexibility index (Phi) is 6.01. The Balaban J connectivity index is 1.23. The fourth-order valence-electron chi connectivity index (χ4n) is 5.84. The van der Waals surface area contributed by atoms with Crippen LogP contribution in [0.3, 0.4) is 0 Å². The van der Waals surface area contributed by atoms with Crippen molar-refractivity contribution in [2.45, 2.75) is 89.5 Å². The third-order valence-corrected chi connectivity index (χ3v) is 6.40. The van der Waals surface area contributed by atoms with E-state index < -0.39 is 0 Å². The molecule has 0 radical (unpaired) electrons. The molecule has 4 bridgehead atoms. The normalized spacial score (nSPS) is 34.7. The average molecular weight is 322 g/mol. The van der Waals surface area contributed by atoms with Crippen LogP contribution in [0.15, 0.2) is 0 Å². The zero-order valence-electron chi connectivity index (χ0n) is 14.9. The van der Waals surface area contributed by atoms with E-state index in [0.29, 0.717) is 18.6 Å². The van der Waals surface area contributed by atoms with E-state index in [2.05, 4.69) is 5.32 Å². The second-order valence-corrected chi connectivity index (χ2v) is 8.45. The van der Waals surface area contributed by atoms with Crippen LogP contribution >= 0.6 is 0 Å². The van der Waals surface area contributed by atoms with Crippen molar-refractivity contribution in [3.8, 4) is 0 Å². The van der Waals surface area contributed by atoms with Gasteiger partial charge in [0, 0.05) is 12.0 Å². The minimum absolute atomic E-state index is 0.0315. The number of carbonyl (C=O) groups is 1. The van der Waals surface area contributed by atoms with Crippen LogP contribution in [0.25, 0.3) is 0 Å². The predicted molar refractivity (Wildman–Crippen MR) is 93.2 cm³/mol. The lowest BCUT2D eigenvalue weighted by Crippen LogP contribution is -2.58. The fraction of sp³-hybridized carbons (Fsp3) is 0.950. The van der Waals surface area contributed by atoms with Crippen molar-refractivity contribution < 1.29 is 9.53 Å². The van der Waals surface area contributed by atoms with Crippen molar-refractivity contribution in [3.05, 3.63) is 0 Å². The monoisotopic (exact) mass is 321 g/mol. The van der Waals surface area contributed by atoms with Crippen LogP contribution in [0.5, 0.6) is 0 Å². The van der Waals surface area contributed by atoms with Gasteiger partial charge in [-0.15, -0.1) is 0 Å². The summed E-state index contributed by atoms with van der Waals surface area (Å²) in [6.45, 7) is 3.58. The molecule has 0 saturated heterocycles. The summed E-state index contributed by atoms with van der Waals surface area (Å²) >= 11 is 0. The standard InChI is InChI=1S/C20H35NO2/c1-2-23-19(22)8-6-4-3-5-7-9-21-20-13-16-10-17(14-20)12-18(11-16)15-20/h16-18,21H,2-15H2,1H3. The van der Waals surface area contributed by atoms with E-state index in [0.717, 1.165) is 30.6 Å². The zero-order valence-corrected chi connectivity index (χ0v) is 14.9. The van der Waals surface area contributed by atoms with Crippen molar-refractivity contribution in [2.24, 2.45) is 17.8 Å². The lowest BCUT2D eigenvalue weighted by molar-refractivity contribution is -0.143. The van der Waals surface area contributed by atoms with Gasteiger partial charge in [-0.3, -0.25) is 4.79 Å².